The highest BCUT2D eigenvalue weighted by atomic mass is 16.2. The van der Waals surface area contributed by atoms with Crippen LogP contribution in [0.4, 0.5) is 10.5 Å². The van der Waals surface area contributed by atoms with Crippen LogP contribution in [0, 0.1) is 26.2 Å². The SMILES string of the molecule is Cc1cc(C)c(NC(=O)N2CCC3(CCN(C(=O)c4cc5ccccc5n4C)CC3)C2)cc1C. The first-order valence-corrected chi connectivity index (χ1v) is 12.2. The molecule has 3 heterocycles. The van der Waals surface area contributed by atoms with E-state index in [0.717, 1.165) is 73.3 Å². The van der Waals surface area contributed by atoms with E-state index in [1.54, 1.807) is 0 Å². The van der Waals surface area contributed by atoms with Crippen molar-refractivity contribution in [2.24, 2.45) is 12.5 Å². The molecule has 2 aliphatic heterocycles. The number of aryl methyl sites for hydroxylation is 4. The van der Waals surface area contributed by atoms with Crippen LogP contribution in [0.25, 0.3) is 10.9 Å². The van der Waals surface area contributed by atoms with Crippen LogP contribution in [0.5, 0.6) is 0 Å². The molecule has 34 heavy (non-hydrogen) atoms. The molecule has 2 fully saturated rings. The van der Waals surface area contributed by atoms with Gasteiger partial charge in [0, 0.05) is 49.8 Å². The van der Waals surface area contributed by atoms with E-state index in [9.17, 15) is 9.59 Å². The number of amides is 3. The molecule has 1 aromatic heterocycles. The normalized spacial score (nSPS) is 17.5. The van der Waals surface area contributed by atoms with Crippen molar-refractivity contribution in [1.29, 1.82) is 0 Å². The van der Waals surface area contributed by atoms with E-state index in [-0.39, 0.29) is 17.4 Å². The van der Waals surface area contributed by atoms with Crippen LogP contribution in [-0.4, -0.2) is 52.5 Å². The van der Waals surface area contributed by atoms with E-state index in [2.05, 4.69) is 43.4 Å². The number of aromatic nitrogens is 1. The van der Waals surface area contributed by atoms with Gasteiger partial charge in [-0.05, 0) is 80.3 Å². The van der Waals surface area contributed by atoms with Crippen molar-refractivity contribution in [3.8, 4) is 0 Å². The summed E-state index contributed by atoms with van der Waals surface area (Å²) in [6.07, 6.45) is 2.88. The summed E-state index contributed by atoms with van der Waals surface area (Å²) < 4.78 is 2.00. The minimum atomic E-state index is -0.0164. The summed E-state index contributed by atoms with van der Waals surface area (Å²) in [4.78, 5) is 30.2. The number of nitrogens with one attached hydrogen (secondary N) is 1. The van der Waals surface area contributed by atoms with Crippen LogP contribution in [0.15, 0.2) is 42.5 Å². The first kappa shape index (κ1) is 22.5. The zero-order valence-corrected chi connectivity index (χ0v) is 20.6. The molecule has 0 bridgehead atoms. The number of carbonyl (C=O) groups is 2. The third kappa shape index (κ3) is 3.95. The van der Waals surface area contributed by atoms with Gasteiger partial charge >= 0.3 is 6.03 Å². The Morgan fingerprint density at radius 1 is 0.853 bits per heavy atom. The summed E-state index contributed by atoms with van der Waals surface area (Å²) >= 11 is 0. The number of carbonyl (C=O) groups excluding carboxylic acids is 2. The van der Waals surface area contributed by atoms with Crippen molar-refractivity contribution < 1.29 is 9.59 Å². The zero-order valence-electron chi connectivity index (χ0n) is 20.6. The fourth-order valence-electron chi connectivity index (χ4n) is 5.65. The fraction of sp³-hybridized carbons (Fsp3) is 0.429. The van der Waals surface area contributed by atoms with Crippen molar-refractivity contribution in [2.45, 2.75) is 40.0 Å². The second-order valence-electron chi connectivity index (χ2n) is 10.3. The molecule has 6 nitrogen and oxygen atoms in total. The molecule has 0 unspecified atom stereocenters. The Labute approximate surface area is 201 Å². The Hall–Kier alpha value is -3.28. The molecule has 2 saturated heterocycles. The molecule has 2 aromatic carbocycles. The van der Waals surface area contributed by atoms with Crippen molar-refractivity contribution in [2.75, 3.05) is 31.5 Å². The van der Waals surface area contributed by atoms with E-state index in [0.29, 0.717) is 0 Å². The lowest BCUT2D eigenvalue weighted by Gasteiger charge is -2.39. The maximum atomic E-state index is 13.3. The molecule has 0 aliphatic carbocycles. The fourth-order valence-corrected chi connectivity index (χ4v) is 5.65. The quantitative estimate of drug-likeness (QED) is 0.569. The third-order valence-corrected chi connectivity index (χ3v) is 8.09. The molecule has 2 aliphatic rings. The summed E-state index contributed by atoms with van der Waals surface area (Å²) in [5.41, 5.74) is 6.34. The van der Waals surface area contributed by atoms with Crippen LogP contribution in [-0.2, 0) is 7.05 Å². The molecule has 3 amide bonds. The number of rotatable bonds is 2. The molecule has 178 valence electrons. The van der Waals surface area contributed by atoms with Gasteiger partial charge in [-0.2, -0.15) is 0 Å². The summed E-state index contributed by atoms with van der Waals surface area (Å²) in [5, 5.41) is 4.22. The first-order chi connectivity index (χ1) is 16.3. The predicted octanol–water partition coefficient (Wildman–Crippen LogP) is 5.26. The Balaban J connectivity index is 1.21. The number of hydrogen-bond donors (Lipinski definition) is 1. The average molecular weight is 459 g/mol. The number of benzene rings is 2. The van der Waals surface area contributed by atoms with E-state index < -0.39 is 0 Å². The van der Waals surface area contributed by atoms with Crippen LogP contribution in [0.3, 0.4) is 0 Å². The molecular formula is C28H34N4O2. The van der Waals surface area contributed by atoms with Crippen molar-refractivity contribution in [3.63, 3.8) is 0 Å². The summed E-state index contributed by atoms with van der Waals surface area (Å²) in [7, 11) is 1.96. The highest BCUT2D eigenvalue weighted by Gasteiger charge is 2.43. The van der Waals surface area contributed by atoms with Crippen LogP contribution in [0.2, 0.25) is 0 Å². The minimum absolute atomic E-state index is 0.0164. The van der Waals surface area contributed by atoms with Crippen molar-refractivity contribution in [3.05, 3.63) is 64.8 Å². The first-order valence-electron chi connectivity index (χ1n) is 12.2. The predicted molar refractivity (Wildman–Crippen MR) is 136 cm³/mol. The molecular weight excluding hydrogens is 424 g/mol. The van der Waals surface area contributed by atoms with E-state index in [1.807, 2.05) is 46.5 Å². The number of nitrogens with zero attached hydrogens (tertiary/aromatic N) is 3. The Bertz CT molecular complexity index is 1270. The molecule has 1 spiro atoms. The van der Waals surface area contributed by atoms with Gasteiger partial charge < -0.3 is 19.7 Å². The maximum absolute atomic E-state index is 13.3. The molecule has 3 aromatic rings. The monoisotopic (exact) mass is 458 g/mol. The highest BCUT2D eigenvalue weighted by Crippen LogP contribution is 2.41. The summed E-state index contributed by atoms with van der Waals surface area (Å²) in [6, 6.07) is 14.3. The summed E-state index contributed by atoms with van der Waals surface area (Å²) in [5.74, 6) is 0.103. The number of fused-ring (bicyclic) bond motifs is 1. The second kappa shape index (κ2) is 8.49. The Kier molecular flexibility index (Phi) is 5.62. The maximum Gasteiger partial charge on any atom is 0.321 e. The zero-order chi connectivity index (χ0) is 24.0. The summed E-state index contributed by atoms with van der Waals surface area (Å²) in [6.45, 7) is 9.22. The van der Waals surface area contributed by atoms with Gasteiger partial charge in [0.2, 0.25) is 0 Å². The largest absolute Gasteiger partial charge is 0.340 e. The minimum Gasteiger partial charge on any atom is -0.340 e. The van der Waals surface area contributed by atoms with E-state index in [1.165, 1.54) is 11.1 Å². The number of anilines is 1. The highest BCUT2D eigenvalue weighted by molar-refractivity contribution is 5.98. The topological polar surface area (TPSA) is 57.6 Å². The van der Waals surface area contributed by atoms with Gasteiger partial charge in [-0.15, -0.1) is 0 Å². The third-order valence-electron chi connectivity index (χ3n) is 8.09. The molecule has 5 rings (SSSR count). The van der Waals surface area contributed by atoms with Gasteiger partial charge in [0.15, 0.2) is 0 Å². The Morgan fingerprint density at radius 3 is 2.21 bits per heavy atom. The van der Waals surface area contributed by atoms with Gasteiger partial charge in [-0.25, -0.2) is 4.79 Å². The van der Waals surface area contributed by atoms with Gasteiger partial charge in [-0.1, -0.05) is 24.3 Å². The van der Waals surface area contributed by atoms with E-state index >= 15 is 0 Å². The number of hydrogen-bond acceptors (Lipinski definition) is 2. The Morgan fingerprint density at radius 2 is 1.50 bits per heavy atom. The van der Waals surface area contributed by atoms with E-state index in [4.69, 9.17) is 0 Å². The smallest absolute Gasteiger partial charge is 0.321 e. The number of piperidine rings is 1. The van der Waals surface area contributed by atoms with Gasteiger partial charge in [0.1, 0.15) is 5.69 Å². The molecule has 0 atom stereocenters. The van der Waals surface area contributed by atoms with Gasteiger partial charge in [-0.3, -0.25) is 4.79 Å². The number of urea groups is 1. The number of para-hydroxylation sites is 1. The standard InChI is InChI=1S/C28H34N4O2/c1-19-15-21(3)23(16-20(19)2)29-27(34)32-14-11-28(18-32)9-12-31(13-10-28)26(33)25-17-22-7-5-6-8-24(22)30(25)4/h5-8,15-17H,9-14,18H2,1-4H3,(H,29,34). The lowest BCUT2D eigenvalue weighted by Crippen LogP contribution is -2.45. The molecule has 1 N–H and O–H groups in total. The lowest BCUT2D eigenvalue weighted by atomic mass is 9.77. The van der Waals surface area contributed by atoms with Crippen molar-refractivity contribution in [1.82, 2.24) is 14.4 Å². The molecule has 6 heteroatoms. The van der Waals surface area contributed by atoms with Crippen LogP contribution < -0.4 is 5.32 Å². The lowest BCUT2D eigenvalue weighted by molar-refractivity contribution is 0.0586. The number of likely N-dealkylation sites (tertiary alicyclic amines) is 2. The van der Waals surface area contributed by atoms with Crippen LogP contribution in [0.1, 0.15) is 46.4 Å². The molecule has 0 radical (unpaired) electrons. The van der Waals surface area contributed by atoms with Crippen LogP contribution >= 0.6 is 0 Å². The van der Waals surface area contributed by atoms with Gasteiger partial charge in [0.25, 0.3) is 5.91 Å². The second-order valence-corrected chi connectivity index (χ2v) is 10.3. The van der Waals surface area contributed by atoms with Gasteiger partial charge in [0.05, 0.1) is 0 Å². The molecule has 0 saturated carbocycles. The van der Waals surface area contributed by atoms with Crippen molar-refractivity contribution >= 4 is 28.5 Å². The average Bonchev–Trinajstić information content (AvgIpc) is 3.39.